The van der Waals surface area contributed by atoms with Crippen LogP contribution in [0.3, 0.4) is 0 Å². The summed E-state index contributed by atoms with van der Waals surface area (Å²) in [5, 5.41) is 0. The lowest BCUT2D eigenvalue weighted by Gasteiger charge is -2.26. The highest BCUT2D eigenvalue weighted by molar-refractivity contribution is 4.79. The molecule has 1 aliphatic rings. The summed E-state index contributed by atoms with van der Waals surface area (Å²) in [6.45, 7) is 13.9. The zero-order valence-corrected chi connectivity index (χ0v) is 10.9. The van der Waals surface area contributed by atoms with E-state index >= 15 is 0 Å². The number of nitrogens with zero attached hydrogens (tertiary/aromatic N) is 1. The van der Waals surface area contributed by atoms with E-state index in [1.54, 1.807) is 0 Å². The van der Waals surface area contributed by atoms with E-state index < -0.39 is 0 Å². The van der Waals surface area contributed by atoms with Crippen LogP contribution in [0.1, 0.15) is 40.5 Å². The first-order valence-electron chi connectivity index (χ1n) is 6.37. The van der Waals surface area contributed by atoms with Gasteiger partial charge >= 0.3 is 0 Å². The van der Waals surface area contributed by atoms with Crippen LogP contribution in [-0.2, 0) is 0 Å². The van der Waals surface area contributed by atoms with Gasteiger partial charge in [-0.25, -0.2) is 0 Å². The zero-order chi connectivity index (χ0) is 11.5. The molecule has 0 aromatic carbocycles. The molecule has 0 amide bonds. The van der Waals surface area contributed by atoms with Crippen molar-refractivity contribution >= 4 is 0 Å². The molecule has 0 aliphatic carbocycles. The van der Waals surface area contributed by atoms with E-state index in [9.17, 15) is 0 Å². The van der Waals surface area contributed by atoms with Crippen molar-refractivity contribution in [3.63, 3.8) is 0 Å². The fourth-order valence-corrected chi connectivity index (χ4v) is 2.17. The van der Waals surface area contributed by atoms with Crippen molar-refractivity contribution in [2.75, 3.05) is 26.2 Å². The normalized spacial score (nSPS) is 24.0. The summed E-state index contributed by atoms with van der Waals surface area (Å²) in [4.78, 5) is 2.61. The van der Waals surface area contributed by atoms with Crippen molar-refractivity contribution in [2.24, 2.45) is 23.0 Å². The molecular formula is C13H28N2. The van der Waals surface area contributed by atoms with Crippen LogP contribution >= 0.6 is 0 Å². The molecule has 1 atom stereocenters. The number of nitrogens with two attached hydrogens (primary N) is 1. The quantitative estimate of drug-likeness (QED) is 0.758. The summed E-state index contributed by atoms with van der Waals surface area (Å²) in [6, 6.07) is 0. The van der Waals surface area contributed by atoms with Gasteiger partial charge in [0.1, 0.15) is 0 Å². The van der Waals surface area contributed by atoms with E-state index in [4.69, 9.17) is 5.73 Å². The number of likely N-dealkylation sites (tertiary alicyclic amines) is 1. The van der Waals surface area contributed by atoms with E-state index in [0.29, 0.717) is 5.41 Å². The van der Waals surface area contributed by atoms with Crippen molar-refractivity contribution in [1.82, 2.24) is 4.90 Å². The summed E-state index contributed by atoms with van der Waals surface area (Å²) in [5.41, 5.74) is 6.06. The minimum atomic E-state index is 0.315. The maximum Gasteiger partial charge on any atom is 0.00126 e. The van der Waals surface area contributed by atoms with Crippen molar-refractivity contribution < 1.29 is 0 Å². The number of hydrogen-bond donors (Lipinski definition) is 1. The Morgan fingerprint density at radius 3 is 2.53 bits per heavy atom. The minimum Gasteiger partial charge on any atom is -0.330 e. The van der Waals surface area contributed by atoms with Gasteiger partial charge in [-0.05, 0) is 49.7 Å². The highest BCUT2D eigenvalue weighted by Crippen LogP contribution is 2.25. The molecule has 15 heavy (non-hydrogen) atoms. The van der Waals surface area contributed by atoms with Gasteiger partial charge < -0.3 is 10.6 Å². The highest BCUT2D eigenvalue weighted by atomic mass is 15.1. The van der Waals surface area contributed by atoms with Crippen LogP contribution in [0.2, 0.25) is 0 Å². The molecule has 0 aromatic rings. The predicted octanol–water partition coefficient (Wildman–Crippen LogP) is 2.34. The third-order valence-corrected chi connectivity index (χ3v) is 3.91. The minimum absolute atomic E-state index is 0.315. The average molecular weight is 212 g/mol. The molecule has 1 fully saturated rings. The molecule has 2 heteroatoms. The third-order valence-electron chi connectivity index (χ3n) is 3.91. The van der Waals surface area contributed by atoms with Crippen LogP contribution in [0.25, 0.3) is 0 Å². The summed E-state index contributed by atoms with van der Waals surface area (Å²) < 4.78 is 0. The maximum atomic E-state index is 5.75. The first kappa shape index (κ1) is 13.0. The highest BCUT2D eigenvalue weighted by Gasteiger charge is 2.26. The fraction of sp³-hybridized carbons (Fsp3) is 1.00. The number of hydrogen-bond acceptors (Lipinski definition) is 2. The largest absolute Gasteiger partial charge is 0.330 e. The third kappa shape index (κ3) is 4.12. The Morgan fingerprint density at radius 1 is 1.40 bits per heavy atom. The first-order valence-corrected chi connectivity index (χ1v) is 6.37. The smallest absolute Gasteiger partial charge is 0.00126 e. The molecule has 2 N–H and O–H groups in total. The monoisotopic (exact) mass is 212 g/mol. The van der Waals surface area contributed by atoms with Gasteiger partial charge in [0, 0.05) is 6.54 Å². The lowest BCUT2D eigenvalue weighted by molar-refractivity contribution is 0.242. The molecule has 1 heterocycles. The van der Waals surface area contributed by atoms with Crippen molar-refractivity contribution in [2.45, 2.75) is 40.5 Å². The second kappa shape index (κ2) is 5.31. The van der Waals surface area contributed by atoms with E-state index in [1.165, 1.54) is 32.5 Å². The van der Waals surface area contributed by atoms with Crippen LogP contribution in [0.5, 0.6) is 0 Å². The van der Waals surface area contributed by atoms with Gasteiger partial charge in [-0.1, -0.05) is 27.7 Å². The lowest BCUT2D eigenvalue weighted by atomic mass is 9.89. The molecule has 0 bridgehead atoms. The van der Waals surface area contributed by atoms with Crippen LogP contribution in [-0.4, -0.2) is 31.1 Å². The summed E-state index contributed by atoms with van der Waals surface area (Å²) in [6.07, 6.45) is 2.62. The zero-order valence-electron chi connectivity index (χ0n) is 10.9. The Balaban J connectivity index is 2.25. The van der Waals surface area contributed by atoms with Gasteiger partial charge in [-0.3, -0.25) is 0 Å². The summed E-state index contributed by atoms with van der Waals surface area (Å²) in [5.74, 6) is 1.77. The Kier molecular flexibility index (Phi) is 4.60. The number of rotatable bonds is 5. The van der Waals surface area contributed by atoms with Gasteiger partial charge in [0.25, 0.3) is 0 Å². The van der Waals surface area contributed by atoms with Crippen molar-refractivity contribution in [3.05, 3.63) is 0 Å². The van der Waals surface area contributed by atoms with Gasteiger partial charge in [0.2, 0.25) is 0 Å². The molecule has 1 aliphatic heterocycles. The lowest BCUT2D eigenvalue weighted by Crippen LogP contribution is -2.31. The predicted molar refractivity (Wildman–Crippen MR) is 66.8 cm³/mol. The summed E-state index contributed by atoms with van der Waals surface area (Å²) in [7, 11) is 0. The molecule has 0 saturated carbocycles. The Labute approximate surface area is 95.2 Å². The van der Waals surface area contributed by atoms with Crippen molar-refractivity contribution in [1.29, 1.82) is 0 Å². The Morgan fingerprint density at radius 2 is 2.07 bits per heavy atom. The van der Waals surface area contributed by atoms with Crippen molar-refractivity contribution in [3.8, 4) is 0 Å². The van der Waals surface area contributed by atoms with Gasteiger partial charge in [0.15, 0.2) is 0 Å². The van der Waals surface area contributed by atoms with Gasteiger partial charge in [0.05, 0.1) is 0 Å². The average Bonchev–Trinajstić information content (AvgIpc) is 2.63. The molecule has 1 rings (SSSR count). The van der Waals surface area contributed by atoms with Crippen LogP contribution in [0.4, 0.5) is 0 Å². The second-order valence-corrected chi connectivity index (χ2v) is 6.21. The molecule has 1 saturated heterocycles. The first-order chi connectivity index (χ1) is 6.94. The topological polar surface area (TPSA) is 29.3 Å². The Hall–Kier alpha value is -0.0800. The van der Waals surface area contributed by atoms with E-state index in [0.717, 1.165) is 18.4 Å². The molecule has 0 radical (unpaired) electrons. The molecule has 1 unspecified atom stereocenters. The second-order valence-electron chi connectivity index (χ2n) is 6.21. The van der Waals surface area contributed by atoms with E-state index in [1.807, 2.05) is 0 Å². The summed E-state index contributed by atoms with van der Waals surface area (Å²) >= 11 is 0. The fourth-order valence-electron chi connectivity index (χ4n) is 2.17. The molecule has 0 aromatic heterocycles. The van der Waals surface area contributed by atoms with Crippen LogP contribution < -0.4 is 5.73 Å². The maximum absolute atomic E-state index is 5.75. The SMILES string of the molecule is CC(C)C1CCN(CCC(C)(C)CN)C1. The standard InChI is InChI=1S/C13H28N2/c1-11(2)12-5-7-15(9-12)8-6-13(3,4)10-14/h11-12H,5-10,14H2,1-4H3. The van der Waals surface area contributed by atoms with E-state index in [2.05, 4.69) is 32.6 Å². The van der Waals surface area contributed by atoms with Gasteiger partial charge in [-0.15, -0.1) is 0 Å². The van der Waals surface area contributed by atoms with Crippen LogP contribution in [0.15, 0.2) is 0 Å². The molecular weight excluding hydrogens is 184 g/mol. The molecule has 0 spiro atoms. The van der Waals surface area contributed by atoms with E-state index in [-0.39, 0.29) is 0 Å². The molecule has 2 nitrogen and oxygen atoms in total. The molecule has 90 valence electrons. The Bertz CT molecular complexity index is 187. The van der Waals surface area contributed by atoms with Crippen LogP contribution in [0, 0.1) is 17.3 Å². The van der Waals surface area contributed by atoms with Gasteiger partial charge in [-0.2, -0.15) is 0 Å².